The van der Waals surface area contributed by atoms with Crippen LogP contribution in [-0.4, -0.2) is 33.8 Å². The van der Waals surface area contributed by atoms with Crippen LogP contribution in [0.1, 0.15) is 19.8 Å². The Hall–Kier alpha value is -0.390. The molecule has 0 aromatic heterocycles. The van der Waals surface area contributed by atoms with Gasteiger partial charge in [0, 0.05) is 13.1 Å². The third kappa shape index (κ3) is 4.21. The fourth-order valence-corrected chi connectivity index (χ4v) is 2.46. The van der Waals surface area contributed by atoms with Crippen molar-refractivity contribution in [2.24, 2.45) is 0 Å². The number of rotatable bonds is 5. The first-order valence-corrected chi connectivity index (χ1v) is 6.65. The molecule has 1 heterocycles. The lowest BCUT2D eigenvalue weighted by Gasteiger charge is -2.14. The zero-order chi connectivity index (χ0) is 10.4. The average Bonchev–Trinajstić information content (AvgIpc) is 2.17. The summed E-state index contributed by atoms with van der Waals surface area (Å²) in [5.74, 6) is 0.221. The van der Waals surface area contributed by atoms with Gasteiger partial charge in [0.15, 0.2) is 0 Å². The van der Waals surface area contributed by atoms with Crippen LogP contribution in [0.15, 0.2) is 11.6 Å². The number of hydrogen-bond acceptors (Lipinski definition) is 3. The van der Waals surface area contributed by atoms with Gasteiger partial charge in [-0.05, 0) is 19.4 Å². The smallest absolute Gasteiger partial charge is 0.211 e. The summed E-state index contributed by atoms with van der Waals surface area (Å²) in [7, 11) is -3.04. The largest absolute Gasteiger partial charge is 0.313 e. The maximum Gasteiger partial charge on any atom is 0.211 e. The van der Waals surface area contributed by atoms with Crippen molar-refractivity contribution in [1.82, 2.24) is 10.0 Å². The molecule has 82 valence electrons. The Kier molecular flexibility index (Phi) is 4.57. The molecule has 4 nitrogen and oxygen atoms in total. The molecule has 1 aliphatic rings. The third-order valence-electron chi connectivity index (χ3n) is 2.15. The maximum absolute atomic E-state index is 11.3. The van der Waals surface area contributed by atoms with E-state index in [-0.39, 0.29) is 5.75 Å². The van der Waals surface area contributed by atoms with Gasteiger partial charge in [0.2, 0.25) is 10.0 Å². The number of hydrogen-bond donors (Lipinski definition) is 2. The zero-order valence-electron chi connectivity index (χ0n) is 8.54. The van der Waals surface area contributed by atoms with E-state index in [1.54, 1.807) is 0 Å². The van der Waals surface area contributed by atoms with E-state index >= 15 is 0 Å². The summed E-state index contributed by atoms with van der Waals surface area (Å²) >= 11 is 0. The molecule has 1 rings (SSSR count). The molecule has 0 atom stereocenters. The van der Waals surface area contributed by atoms with Crippen LogP contribution >= 0.6 is 0 Å². The maximum atomic E-state index is 11.3. The fraction of sp³-hybridized carbons (Fsp3) is 0.778. The second-order valence-electron chi connectivity index (χ2n) is 3.46. The summed E-state index contributed by atoms with van der Waals surface area (Å²) in [6.07, 6.45) is 3.66. The van der Waals surface area contributed by atoms with Gasteiger partial charge < -0.3 is 5.32 Å². The SMILES string of the molecule is CCCS(=O)(=O)NCC1=CCNCC1. The normalized spacial score (nSPS) is 17.9. The van der Waals surface area contributed by atoms with E-state index in [1.165, 1.54) is 5.57 Å². The first-order chi connectivity index (χ1) is 6.64. The minimum absolute atomic E-state index is 0.221. The lowest BCUT2D eigenvalue weighted by atomic mass is 10.1. The van der Waals surface area contributed by atoms with E-state index in [9.17, 15) is 8.42 Å². The van der Waals surface area contributed by atoms with E-state index in [1.807, 2.05) is 6.92 Å². The first-order valence-electron chi connectivity index (χ1n) is 5.00. The number of sulfonamides is 1. The Balaban J connectivity index is 2.35. The van der Waals surface area contributed by atoms with Crippen molar-refractivity contribution in [3.8, 4) is 0 Å². The Bertz CT molecular complexity index is 296. The third-order valence-corrected chi connectivity index (χ3v) is 3.68. The quantitative estimate of drug-likeness (QED) is 0.650. The number of nitrogens with one attached hydrogen (secondary N) is 2. The van der Waals surface area contributed by atoms with E-state index < -0.39 is 10.0 Å². The average molecular weight is 218 g/mol. The van der Waals surface area contributed by atoms with Crippen molar-refractivity contribution in [3.63, 3.8) is 0 Å². The zero-order valence-corrected chi connectivity index (χ0v) is 9.36. The molecule has 0 aromatic carbocycles. The van der Waals surface area contributed by atoms with Crippen molar-refractivity contribution >= 4 is 10.0 Å². The van der Waals surface area contributed by atoms with Gasteiger partial charge in [-0.15, -0.1) is 0 Å². The van der Waals surface area contributed by atoms with Crippen LogP contribution < -0.4 is 10.0 Å². The highest BCUT2D eigenvalue weighted by atomic mass is 32.2. The van der Waals surface area contributed by atoms with Crippen molar-refractivity contribution in [2.45, 2.75) is 19.8 Å². The van der Waals surface area contributed by atoms with Gasteiger partial charge >= 0.3 is 0 Å². The van der Waals surface area contributed by atoms with Gasteiger partial charge in [0.1, 0.15) is 0 Å². The second kappa shape index (κ2) is 5.48. The van der Waals surface area contributed by atoms with E-state index in [2.05, 4.69) is 16.1 Å². The minimum atomic E-state index is -3.04. The summed E-state index contributed by atoms with van der Waals surface area (Å²) in [5, 5.41) is 3.18. The molecule has 0 aliphatic carbocycles. The highest BCUT2D eigenvalue weighted by Crippen LogP contribution is 2.03. The van der Waals surface area contributed by atoms with E-state index in [0.29, 0.717) is 13.0 Å². The van der Waals surface area contributed by atoms with Crippen LogP contribution in [0.5, 0.6) is 0 Å². The Labute approximate surface area is 85.8 Å². The van der Waals surface area contributed by atoms with Crippen LogP contribution in [0.25, 0.3) is 0 Å². The first kappa shape index (κ1) is 11.7. The lowest BCUT2D eigenvalue weighted by molar-refractivity contribution is 0.581. The highest BCUT2D eigenvalue weighted by molar-refractivity contribution is 7.89. The molecule has 0 spiro atoms. The predicted octanol–water partition coefficient (Wildman–Crippen LogP) is 0.236. The molecule has 0 aromatic rings. The Morgan fingerprint density at radius 1 is 1.57 bits per heavy atom. The molecule has 1 aliphatic heterocycles. The molecule has 0 saturated carbocycles. The molecule has 0 fully saturated rings. The molecule has 14 heavy (non-hydrogen) atoms. The molecule has 0 radical (unpaired) electrons. The van der Waals surface area contributed by atoms with Crippen LogP contribution in [0.2, 0.25) is 0 Å². The van der Waals surface area contributed by atoms with Crippen LogP contribution in [0.4, 0.5) is 0 Å². The summed E-state index contributed by atoms with van der Waals surface area (Å²) in [6.45, 7) is 4.14. The summed E-state index contributed by atoms with van der Waals surface area (Å²) < 4.78 is 25.2. The van der Waals surface area contributed by atoms with Gasteiger partial charge in [-0.1, -0.05) is 18.6 Å². The molecule has 0 unspecified atom stereocenters. The summed E-state index contributed by atoms with van der Waals surface area (Å²) in [6, 6.07) is 0. The van der Waals surface area contributed by atoms with Crippen LogP contribution in [-0.2, 0) is 10.0 Å². The van der Waals surface area contributed by atoms with Crippen molar-refractivity contribution in [3.05, 3.63) is 11.6 Å². The van der Waals surface area contributed by atoms with Crippen molar-refractivity contribution in [2.75, 3.05) is 25.4 Å². The summed E-state index contributed by atoms with van der Waals surface area (Å²) in [5.41, 5.74) is 1.18. The van der Waals surface area contributed by atoms with Gasteiger partial charge in [-0.25, -0.2) is 13.1 Å². The van der Waals surface area contributed by atoms with Crippen LogP contribution in [0, 0.1) is 0 Å². The van der Waals surface area contributed by atoms with E-state index in [4.69, 9.17) is 0 Å². The topological polar surface area (TPSA) is 58.2 Å². The molecular weight excluding hydrogens is 200 g/mol. The molecule has 0 saturated heterocycles. The molecule has 5 heteroatoms. The summed E-state index contributed by atoms with van der Waals surface area (Å²) in [4.78, 5) is 0. The molecule has 0 bridgehead atoms. The minimum Gasteiger partial charge on any atom is -0.313 e. The van der Waals surface area contributed by atoms with E-state index in [0.717, 1.165) is 19.5 Å². The Morgan fingerprint density at radius 2 is 2.36 bits per heavy atom. The van der Waals surface area contributed by atoms with Gasteiger partial charge in [0.25, 0.3) is 0 Å². The monoisotopic (exact) mass is 218 g/mol. The lowest BCUT2D eigenvalue weighted by Crippen LogP contribution is -2.31. The predicted molar refractivity (Wildman–Crippen MR) is 57.7 cm³/mol. The molecular formula is C9H18N2O2S. The standard InChI is InChI=1S/C9H18N2O2S/c1-2-7-14(12,13)11-8-9-3-5-10-6-4-9/h3,10-11H,2,4-8H2,1H3. The van der Waals surface area contributed by atoms with Gasteiger partial charge in [0.05, 0.1) is 5.75 Å². The fourth-order valence-electron chi connectivity index (χ4n) is 1.37. The van der Waals surface area contributed by atoms with Crippen LogP contribution in [0.3, 0.4) is 0 Å². The van der Waals surface area contributed by atoms with Crippen molar-refractivity contribution < 1.29 is 8.42 Å². The Morgan fingerprint density at radius 3 is 2.93 bits per heavy atom. The second-order valence-corrected chi connectivity index (χ2v) is 5.38. The van der Waals surface area contributed by atoms with Gasteiger partial charge in [-0.3, -0.25) is 0 Å². The molecule has 0 amide bonds. The molecule has 2 N–H and O–H groups in total. The highest BCUT2D eigenvalue weighted by Gasteiger charge is 2.09. The van der Waals surface area contributed by atoms with Gasteiger partial charge in [-0.2, -0.15) is 0 Å². The van der Waals surface area contributed by atoms with Crippen molar-refractivity contribution in [1.29, 1.82) is 0 Å².